The van der Waals surface area contributed by atoms with Crippen molar-refractivity contribution in [1.29, 1.82) is 0 Å². The number of carbonyl (C=O) groups is 1. The molecule has 0 heterocycles. The third kappa shape index (κ3) is 5.50. The summed E-state index contributed by atoms with van der Waals surface area (Å²) >= 11 is 0. The van der Waals surface area contributed by atoms with Crippen LogP contribution in [0.4, 0.5) is 0 Å². The van der Waals surface area contributed by atoms with Gasteiger partial charge in [-0.15, -0.1) is 0 Å². The quantitative estimate of drug-likeness (QED) is 0.681. The van der Waals surface area contributed by atoms with E-state index in [9.17, 15) is 4.79 Å². The molecule has 94 valence electrons. The van der Waals surface area contributed by atoms with Crippen LogP contribution in [0.2, 0.25) is 0 Å². The van der Waals surface area contributed by atoms with Crippen molar-refractivity contribution in [3.8, 4) is 0 Å². The van der Waals surface area contributed by atoms with Crippen LogP contribution in [0.5, 0.6) is 0 Å². The molecule has 0 amide bonds. The van der Waals surface area contributed by atoms with E-state index in [1.165, 1.54) is 19.3 Å². The minimum atomic E-state index is -0.775. The lowest BCUT2D eigenvalue weighted by molar-refractivity contribution is -0.136. The van der Waals surface area contributed by atoms with Crippen LogP contribution >= 0.6 is 0 Å². The van der Waals surface area contributed by atoms with Crippen molar-refractivity contribution >= 4 is 5.97 Å². The predicted molar refractivity (Wildman–Crippen MR) is 69.0 cm³/mol. The molecule has 17 heavy (non-hydrogen) atoms. The van der Waals surface area contributed by atoms with Gasteiger partial charge in [0.15, 0.2) is 0 Å². The highest BCUT2D eigenvalue weighted by Gasteiger charge is 2.05. The van der Waals surface area contributed by atoms with Crippen molar-refractivity contribution in [2.75, 3.05) is 6.54 Å². The van der Waals surface area contributed by atoms with Crippen molar-refractivity contribution in [2.45, 2.75) is 39.2 Å². The zero-order valence-electron chi connectivity index (χ0n) is 10.4. The Kier molecular flexibility index (Phi) is 6.33. The fourth-order valence-electron chi connectivity index (χ4n) is 1.79. The molecule has 0 saturated heterocycles. The Morgan fingerprint density at radius 1 is 1.24 bits per heavy atom. The van der Waals surface area contributed by atoms with E-state index in [1.807, 2.05) is 24.3 Å². The van der Waals surface area contributed by atoms with Gasteiger partial charge < -0.3 is 10.4 Å². The van der Waals surface area contributed by atoms with Gasteiger partial charge in [0.2, 0.25) is 0 Å². The molecule has 0 aliphatic carbocycles. The first-order valence-electron chi connectivity index (χ1n) is 6.23. The maximum atomic E-state index is 10.7. The van der Waals surface area contributed by atoms with Crippen molar-refractivity contribution in [2.24, 2.45) is 0 Å². The molecular formula is C14H21NO2. The van der Waals surface area contributed by atoms with Gasteiger partial charge in [0, 0.05) is 6.54 Å². The molecule has 0 saturated carbocycles. The lowest BCUT2D eigenvalue weighted by atomic mass is 10.0. The Bertz CT molecular complexity index is 350. The zero-order valence-corrected chi connectivity index (χ0v) is 10.4. The van der Waals surface area contributed by atoms with Gasteiger partial charge in [-0.25, -0.2) is 0 Å². The van der Waals surface area contributed by atoms with E-state index in [2.05, 4.69) is 12.2 Å². The first-order chi connectivity index (χ1) is 8.24. The standard InChI is InChI=1S/C14H21NO2/c1-2-3-6-9-15-11-13-8-5-4-7-12(13)10-14(16)17/h4-5,7-8,15H,2-3,6,9-11H2,1H3,(H,16,17). The Morgan fingerprint density at radius 2 is 1.94 bits per heavy atom. The van der Waals surface area contributed by atoms with Crippen molar-refractivity contribution in [1.82, 2.24) is 5.32 Å². The summed E-state index contributed by atoms with van der Waals surface area (Å²) in [7, 11) is 0. The fourth-order valence-corrected chi connectivity index (χ4v) is 1.79. The number of carboxylic acid groups (broad SMARTS) is 1. The molecule has 0 unspecified atom stereocenters. The second-order valence-electron chi connectivity index (χ2n) is 4.22. The summed E-state index contributed by atoms with van der Waals surface area (Å²) in [5.41, 5.74) is 1.99. The number of rotatable bonds is 8. The van der Waals surface area contributed by atoms with Crippen LogP contribution in [-0.4, -0.2) is 17.6 Å². The van der Waals surface area contributed by atoms with Crippen LogP contribution in [0.25, 0.3) is 0 Å². The van der Waals surface area contributed by atoms with E-state index in [-0.39, 0.29) is 6.42 Å². The van der Waals surface area contributed by atoms with E-state index in [4.69, 9.17) is 5.11 Å². The first kappa shape index (κ1) is 13.7. The van der Waals surface area contributed by atoms with Gasteiger partial charge in [0.05, 0.1) is 6.42 Å². The average molecular weight is 235 g/mol. The molecule has 1 aromatic rings. The minimum Gasteiger partial charge on any atom is -0.481 e. The molecule has 1 rings (SSSR count). The monoisotopic (exact) mass is 235 g/mol. The summed E-state index contributed by atoms with van der Waals surface area (Å²) in [5, 5.41) is 12.2. The van der Waals surface area contributed by atoms with Gasteiger partial charge in [0.25, 0.3) is 0 Å². The molecule has 3 heteroatoms. The summed E-state index contributed by atoms with van der Waals surface area (Å²) < 4.78 is 0. The molecule has 0 spiro atoms. The summed E-state index contributed by atoms with van der Waals surface area (Å²) in [5.74, 6) is -0.775. The van der Waals surface area contributed by atoms with E-state index in [1.54, 1.807) is 0 Å². The summed E-state index contributed by atoms with van der Waals surface area (Å²) in [4.78, 5) is 10.7. The molecule has 0 radical (unpaired) electrons. The molecule has 0 aliphatic heterocycles. The van der Waals surface area contributed by atoms with Gasteiger partial charge in [-0.2, -0.15) is 0 Å². The predicted octanol–water partition coefficient (Wildman–Crippen LogP) is 2.59. The third-order valence-electron chi connectivity index (χ3n) is 2.73. The molecule has 3 nitrogen and oxygen atoms in total. The van der Waals surface area contributed by atoms with Crippen LogP contribution < -0.4 is 5.32 Å². The smallest absolute Gasteiger partial charge is 0.307 e. The van der Waals surface area contributed by atoms with Crippen LogP contribution in [-0.2, 0) is 17.8 Å². The lowest BCUT2D eigenvalue weighted by Crippen LogP contribution is -2.16. The zero-order chi connectivity index (χ0) is 12.5. The van der Waals surface area contributed by atoms with Gasteiger partial charge in [-0.05, 0) is 24.1 Å². The Balaban J connectivity index is 2.43. The van der Waals surface area contributed by atoms with Crippen molar-refractivity contribution < 1.29 is 9.90 Å². The molecule has 0 aliphatic rings. The summed E-state index contributed by atoms with van der Waals surface area (Å²) in [6, 6.07) is 7.72. The topological polar surface area (TPSA) is 49.3 Å². The number of hydrogen-bond donors (Lipinski definition) is 2. The SMILES string of the molecule is CCCCCNCc1ccccc1CC(=O)O. The molecule has 0 aromatic heterocycles. The Labute approximate surface area is 103 Å². The largest absolute Gasteiger partial charge is 0.481 e. The molecular weight excluding hydrogens is 214 g/mol. The average Bonchev–Trinajstić information content (AvgIpc) is 2.30. The van der Waals surface area contributed by atoms with Crippen LogP contribution in [0.3, 0.4) is 0 Å². The lowest BCUT2D eigenvalue weighted by Gasteiger charge is -2.08. The van der Waals surface area contributed by atoms with E-state index in [0.717, 1.165) is 24.2 Å². The third-order valence-corrected chi connectivity index (χ3v) is 2.73. The molecule has 1 aromatic carbocycles. The molecule has 0 bridgehead atoms. The van der Waals surface area contributed by atoms with Crippen molar-refractivity contribution in [3.05, 3.63) is 35.4 Å². The van der Waals surface area contributed by atoms with Gasteiger partial charge in [-0.1, -0.05) is 44.0 Å². The number of carboxylic acids is 1. The molecule has 2 N–H and O–H groups in total. The Hall–Kier alpha value is -1.35. The second kappa shape index (κ2) is 7.85. The summed E-state index contributed by atoms with van der Waals surface area (Å²) in [6.45, 7) is 3.94. The molecule has 0 fully saturated rings. The van der Waals surface area contributed by atoms with Gasteiger partial charge >= 0.3 is 5.97 Å². The number of nitrogens with one attached hydrogen (secondary N) is 1. The van der Waals surface area contributed by atoms with E-state index in [0.29, 0.717) is 0 Å². The molecule has 0 atom stereocenters. The summed E-state index contributed by atoms with van der Waals surface area (Å²) in [6.07, 6.45) is 3.74. The number of unbranched alkanes of at least 4 members (excludes halogenated alkanes) is 2. The maximum absolute atomic E-state index is 10.7. The first-order valence-corrected chi connectivity index (χ1v) is 6.23. The normalized spacial score (nSPS) is 10.4. The van der Waals surface area contributed by atoms with Gasteiger partial charge in [-0.3, -0.25) is 4.79 Å². The van der Waals surface area contributed by atoms with Crippen LogP contribution in [0.1, 0.15) is 37.3 Å². The number of aliphatic carboxylic acids is 1. The number of hydrogen-bond acceptors (Lipinski definition) is 2. The highest BCUT2D eigenvalue weighted by atomic mass is 16.4. The van der Waals surface area contributed by atoms with E-state index < -0.39 is 5.97 Å². The highest BCUT2D eigenvalue weighted by molar-refractivity contribution is 5.70. The minimum absolute atomic E-state index is 0.104. The van der Waals surface area contributed by atoms with Crippen molar-refractivity contribution in [3.63, 3.8) is 0 Å². The fraction of sp³-hybridized carbons (Fsp3) is 0.500. The maximum Gasteiger partial charge on any atom is 0.307 e. The van der Waals surface area contributed by atoms with E-state index >= 15 is 0 Å². The van der Waals surface area contributed by atoms with Gasteiger partial charge in [0.1, 0.15) is 0 Å². The van der Waals surface area contributed by atoms with Crippen LogP contribution in [0, 0.1) is 0 Å². The Morgan fingerprint density at radius 3 is 2.59 bits per heavy atom. The number of benzene rings is 1. The highest BCUT2D eigenvalue weighted by Crippen LogP contribution is 2.09. The van der Waals surface area contributed by atoms with Crippen LogP contribution in [0.15, 0.2) is 24.3 Å². The second-order valence-corrected chi connectivity index (χ2v) is 4.22.